The third-order valence-electron chi connectivity index (χ3n) is 0.864. The van der Waals surface area contributed by atoms with Gasteiger partial charge in [0.25, 0.3) is 0 Å². The van der Waals surface area contributed by atoms with E-state index in [4.69, 9.17) is 4.74 Å². The van der Waals surface area contributed by atoms with Gasteiger partial charge in [-0.2, -0.15) is 0 Å². The molecular weight excluding hydrogens is 227 g/mol. The Balaban J connectivity index is 2.86. The number of ether oxygens (including phenoxy) is 1. The van der Waals surface area contributed by atoms with Crippen LogP contribution >= 0.6 is 22.6 Å². The second kappa shape index (κ2) is 8.27. The van der Waals surface area contributed by atoms with Crippen molar-refractivity contribution in [2.24, 2.45) is 0 Å². The van der Waals surface area contributed by atoms with Gasteiger partial charge in [0.05, 0.1) is 12.9 Å². The molecule has 0 aliphatic heterocycles. The van der Waals surface area contributed by atoms with Gasteiger partial charge in [-0.1, -0.05) is 22.6 Å². The average molecular weight is 240 g/mol. The molecule has 0 aliphatic carbocycles. The van der Waals surface area contributed by atoms with E-state index >= 15 is 0 Å². The van der Waals surface area contributed by atoms with E-state index in [0.717, 1.165) is 13.0 Å². The number of halogens is 1. The highest BCUT2D eigenvalue weighted by Gasteiger charge is 1.77. The van der Waals surface area contributed by atoms with Gasteiger partial charge in [-0.05, 0) is 30.3 Å². The lowest BCUT2D eigenvalue weighted by molar-refractivity contribution is 0.268. The Kier molecular flexibility index (Phi) is 8.52. The predicted molar refractivity (Wildman–Crippen MR) is 48.9 cm³/mol. The first kappa shape index (κ1) is 9.27. The summed E-state index contributed by atoms with van der Waals surface area (Å²) >= 11 is 2.37. The van der Waals surface area contributed by atoms with Gasteiger partial charge in [0.15, 0.2) is 0 Å². The Morgan fingerprint density at radius 1 is 1.56 bits per heavy atom. The lowest BCUT2D eigenvalue weighted by Gasteiger charge is -1.91. The van der Waals surface area contributed by atoms with Gasteiger partial charge < -0.3 is 4.74 Å². The van der Waals surface area contributed by atoms with E-state index in [0.29, 0.717) is 0 Å². The molecule has 0 spiro atoms. The van der Waals surface area contributed by atoms with Crippen LogP contribution in [0.4, 0.5) is 0 Å². The first-order valence-corrected chi connectivity index (χ1v) is 4.77. The Hall–Kier alpha value is 0.270. The summed E-state index contributed by atoms with van der Waals surface area (Å²) in [6.45, 7) is 2.77. The van der Waals surface area contributed by atoms with E-state index in [1.807, 2.05) is 6.92 Å². The molecule has 0 amide bonds. The lowest BCUT2D eigenvalue weighted by atomic mass is 10.3. The summed E-state index contributed by atoms with van der Waals surface area (Å²) in [5.41, 5.74) is 0. The van der Waals surface area contributed by atoms with Crippen molar-refractivity contribution in [3.8, 4) is 0 Å². The van der Waals surface area contributed by atoms with E-state index in [-0.39, 0.29) is 0 Å². The van der Waals surface area contributed by atoms with Crippen molar-refractivity contribution in [2.45, 2.75) is 19.8 Å². The van der Waals surface area contributed by atoms with Crippen molar-refractivity contribution in [1.29, 1.82) is 0 Å². The maximum atomic E-state index is 5.00. The zero-order valence-electron chi connectivity index (χ0n) is 5.77. The molecule has 0 aliphatic rings. The van der Waals surface area contributed by atoms with E-state index < -0.39 is 0 Å². The van der Waals surface area contributed by atoms with Gasteiger partial charge in [-0.15, -0.1) is 0 Å². The summed E-state index contributed by atoms with van der Waals surface area (Å²) < 4.78 is 6.23. The Morgan fingerprint density at radius 3 is 2.89 bits per heavy atom. The largest absolute Gasteiger partial charge is 0.502 e. The van der Waals surface area contributed by atoms with Crippen LogP contribution in [0.15, 0.2) is 12.3 Å². The van der Waals surface area contributed by atoms with Crippen molar-refractivity contribution in [1.82, 2.24) is 0 Å². The SMILES string of the molecule is CCOC=CCCCI. The first-order valence-electron chi connectivity index (χ1n) is 3.24. The summed E-state index contributed by atoms with van der Waals surface area (Å²) in [6.07, 6.45) is 6.25. The summed E-state index contributed by atoms with van der Waals surface area (Å²) in [6, 6.07) is 0. The molecule has 0 atom stereocenters. The van der Waals surface area contributed by atoms with Crippen LogP contribution in [-0.4, -0.2) is 11.0 Å². The van der Waals surface area contributed by atoms with Gasteiger partial charge in [-0.3, -0.25) is 0 Å². The minimum absolute atomic E-state index is 0.779. The van der Waals surface area contributed by atoms with Gasteiger partial charge in [-0.25, -0.2) is 0 Å². The molecule has 0 heterocycles. The number of rotatable bonds is 5. The summed E-state index contributed by atoms with van der Waals surface area (Å²) in [7, 11) is 0. The van der Waals surface area contributed by atoms with Crippen LogP contribution < -0.4 is 0 Å². The topological polar surface area (TPSA) is 9.23 Å². The van der Waals surface area contributed by atoms with Crippen LogP contribution in [0.1, 0.15) is 19.8 Å². The van der Waals surface area contributed by atoms with E-state index in [1.54, 1.807) is 6.26 Å². The standard InChI is InChI=1S/C7H13IO/c1-2-9-7-5-3-4-6-8/h5,7H,2-4,6H2,1H3. The van der Waals surface area contributed by atoms with E-state index in [9.17, 15) is 0 Å². The molecule has 0 radical (unpaired) electrons. The van der Waals surface area contributed by atoms with Gasteiger partial charge in [0.1, 0.15) is 0 Å². The molecule has 1 nitrogen and oxygen atoms in total. The number of allylic oxidation sites excluding steroid dienone is 1. The van der Waals surface area contributed by atoms with Gasteiger partial charge in [0, 0.05) is 0 Å². The Bertz CT molecular complexity index is 71.3. The number of unbranched alkanes of at least 4 members (excludes halogenated alkanes) is 1. The van der Waals surface area contributed by atoms with Crippen LogP contribution in [-0.2, 0) is 4.74 Å². The van der Waals surface area contributed by atoms with Crippen LogP contribution in [0.2, 0.25) is 0 Å². The fraction of sp³-hybridized carbons (Fsp3) is 0.714. The molecule has 0 aromatic rings. The van der Waals surface area contributed by atoms with Crippen LogP contribution in [0.3, 0.4) is 0 Å². The molecule has 0 N–H and O–H groups in total. The molecule has 0 saturated carbocycles. The number of hydrogen-bond donors (Lipinski definition) is 0. The maximum absolute atomic E-state index is 5.00. The molecule has 0 fully saturated rings. The Morgan fingerprint density at radius 2 is 2.33 bits per heavy atom. The second-order valence-electron chi connectivity index (χ2n) is 1.66. The van der Waals surface area contributed by atoms with Crippen molar-refractivity contribution in [3.05, 3.63) is 12.3 Å². The van der Waals surface area contributed by atoms with Crippen LogP contribution in [0, 0.1) is 0 Å². The third kappa shape index (κ3) is 8.27. The molecule has 0 unspecified atom stereocenters. The molecule has 0 aromatic carbocycles. The number of hydrogen-bond acceptors (Lipinski definition) is 1. The van der Waals surface area contributed by atoms with Crippen molar-refractivity contribution in [3.63, 3.8) is 0 Å². The fourth-order valence-electron chi connectivity index (χ4n) is 0.427. The minimum atomic E-state index is 0.779. The molecule has 0 rings (SSSR count). The molecule has 0 bridgehead atoms. The van der Waals surface area contributed by atoms with Crippen molar-refractivity contribution < 1.29 is 4.74 Å². The van der Waals surface area contributed by atoms with Gasteiger partial charge >= 0.3 is 0 Å². The van der Waals surface area contributed by atoms with Gasteiger partial charge in [0.2, 0.25) is 0 Å². The van der Waals surface area contributed by atoms with E-state index in [2.05, 4.69) is 28.7 Å². The molecule has 2 heteroatoms. The van der Waals surface area contributed by atoms with Crippen molar-refractivity contribution in [2.75, 3.05) is 11.0 Å². The minimum Gasteiger partial charge on any atom is -0.502 e. The summed E-state index contributed by atoms with van der Waals surface area (Å²) in [5, 5.41) is 0. The lowest BCUT2D eigenvalue weighted by Crippen LogP contribution is -1.77. The quantitative estimate of drug-likeness (QED) is 0.311. The maximum Gasteiger partial charge on any atom is 0.0845 e. The normalized spacial score (nSPS) is 10.4. The fourth-order valence-corrected chi connectivity index (χ4v) is 0.868. The highest BCUT2D eigenvalue weighted by molar-refractivity contribution is 14.1. The highest BCUT2D eigenvalue weighted by Crippen LogP contribution is 1.95. The summed E-state index contributed by atoms with van der Waals surface area (Å²) in [4.78, 5) is 0. The Labute approximate surface area is 70.6 Å². The zero-order valence-corrected chi connectivity index (χ0v) is 7.93. The van der Waals surface area contributed by atoms with Crippen molar-refractivity contribution >= 4 is 22.6 Å². The average Bonchev–Trinajstić information content (AvgIpc) is 1.89. The van der Waals surface area contributed by atoms with Crippen LogP contribution in [0.25, 0.3) is 0 Å². The highest BCUT2D eigenvalue weighted by atomic mass is 127. The molecule has 9 heavy (non-hydrogen) atoms. The predicted octanol–water partition coefficient (Wildman–Crippen LogP) is 2.75. The summed E-state index contributed by atoms with van der Waals surface area (Å²) in [5.74, 6) is 0. The molecule has 0 saturated heterocycles. The zero-order chi connectivity index (χ0) is 6.95. The molecule has 0 aromatic heterocycles. The van der Waals surface area contributed by atoms with E-state index in [1.165, 1.54) is 10.8 Å². The number of alkyl halides is 1. The third-order valence-corrected chi connectivity index (χ3v) is 1.63. The monoisotopic (exact) mass is 240 g/mol. The second-order valence-corrected chi connectivity index (χ2v) is 2.74. The van der Waals surface area contributed by atoms with Crippen LogP contribution in [0.5, 0.6) is 0 Å². The smallest absolute Gasteiger partial charge is 0.0845 e. The first-order chi connectivity index (χ1) is 4.41. The molecular formula is C7H13IO. The molecule has 54 valence electrons.